The standard InChI is InChI=1S/C25H24F2N2O6/c26-25(27)11-20(23(31)32)29(13-25)22(30)21-19(9-10-34-21)28-24(33)35-12-18-16-7-3-1-5-14(16)15-6-2-4-8-17(15)18/h1-8,18-21H,9-13H2,(H,28,33)(H,31,32)/t19?,20-,21?/m0/s1. The predicted octanol–water partition coefficient (Wildman–Crippen LogP) is 3.00. The van der Waals surface area contributed by atoms with Gasteiger partial charge in [0.2, 0.25) is 0 Å². The summed E-state index contributed by atoms with van der Waals surface area (Å²) < 4.78 is 38.6. The number of nitrogens with zero attached hydrogens (tertiary/aromatic N) is 1. The minimum atomic E-state index is -3.30. The maximum absolute atomic E-state index is 13.8. The Bertz CT molecular complexity index is 1130. The molecule has 0 radical (unpaired) electrons. The quantitative estimate of drug-likeness (QED) is 0.673. The zero-order valence-electron chi connectivity index (χ0n) is 18.7. The highest BCUT2D eigenvalue weighted by atomic mass is 19.3. The van der Waals surface area contributed by atoms with Gasteiger partial charge in [-0.1, -0.05) is 48.5 Å². The van der Waals surface area contributed by atoms with Crippen molar-refractivity contribution in [2.45, 2.75) is 42.9 Å². The highest BCUT2D eigenvalue weighted by Crippen LogP contribution is 2.44. The molecule has 2 amide bonds. The highest BCUT2D eigenvalue weighted by molar-refractivity contribution is 5.88. The van der Waals surface area contributed by atoms with E-state index in [4.69, 9.17) is 9.47 Å². The second-order valence-corrected chi connectivity index (χ2v) is 9.04. The molecule has 0 aromatic heterocycles. The molecule has 2 N–H and O–H groups in total. The first-order chi connectivity index (χ1) is 16.7. The number of carboxylic acids is 1. The van der Waals surface area contributed by atoms with Crippen LogP contribution in [0.5, 0.6) is 0 Å². The summed E-state index contributed by atoms with van der Waals surface area (Å²) in [5, 5.41) is 11.9. The van der Waals surface area contributed by atoms with Crippen LogP contribution in [0.25, 0.3) is 11.1 Å². The van der Waals surface area contributed by atoms with E-state index in [1.807, 2.05) is 48.5 Å². The molecule has 3 atom stereocenters. The molecule has 10 heteroatoms. The molecular formula is C25H24F2N2O6. The van der Waals surface area contributed by atoms with E-state index in [2.05, 4.69) is 5.32 Å². The molecule has 2 aromatic rings. The Kier molecular flexibility index (Phi) is 5.92. The number of likely N-dealkylation sites (tertiary alicyclic amines) is 1. The molecule has 2 unspecified atom stereocenters. The van der Waals surface area contributed by atoms with Crippen molar-refractivity contribution in [1.29, 1.82) is 0 Å². The fourth-order valence-corrected chi connectivity index (χ4v) is 5.20. The SMILES string of the molecule is O=C(NC1CCOC1C(=O)N1CC(F)(F)C[C@H]1C(=O)O)OCC1c2ccccc2-c2ccccc21. The predicted molar refractivity (Wildman–Crippen MR) is 119 cm³/mol. The average molecular weight is 486 g/mol. The van der Waals surface area contributed by atoms with Crippen molar-refractivity contribution in [1.82, 2.24) is 10.2 Å². The number of rotatable bonds is 5. The van der Waals surface area contributed by atoms with E-state index in [-0.39, 0.29) is 25.6 Å². The van der Waals surface area contributed by atoms with Crippen molar-refractivity contribution in [2.24, 2.45) is 0 Å². The first-order valence-corrected chi connectivity index (χ1v) is 11.4. The van der Waals surface area contributed by atoms with E-state index in [0.717, 1.165) is 22.3 Å². The van der Waals surface area contributed by atoms with Gasteiger partial charge in [-0.25, -0.2) is 18.4 Å². The number of aliphatic carboxylic acids is 1. The molecule has 5 rings (SSSR count). The topological polar surface area (TPSA) is 105 Å². The van der Waals surface area contributed by atoms with Gasteiger partial charge in [0.05, 0.1) is 12.6 Å². The summed E-state index contributed by atoms with van der Waals surface area (Å²) >= 11 is 0. The van der Waals surface area contributed by atoms with Crippen LogP contribution in [0.3, 0.4) is 0 Å². The van der Waals surface area contributed by atoms with E-state index >= 15 is 0 Å². The molecule has 2 heterocycles. The largest absolute Gasteiger partial charge is 0.480 e. The molecule has 184 valence electrons. The molecule has 2 aromatic carbocycles. The van der Waals surface area contributed by atoms with Gasteiger partial charge in [-0.3, -0.25) is 4.79 Å². The minimum absolute atomic E-state index is 0.0749. The lowest BCUT2D eigenvalue weighted by atomic mass is 9.98. The summed E-state index contributed by atoms with van der Waals surface area (Å²) in [6.45, 7) is -0.807. The Morgan fingerprint density at radius 1 is 1.09 bits per heavy atom. The Morgan fingerprint density at radius 3 is 2.34 bits per heavy atom. The van der Waals surface area contributed by atoms with Gasteiger partial charge in [0.1, 0.15) is 12.6 Å². The molecule has 0 saturated carbocycles. The number of benzene rings is 2. The maximum atomic E-state index is 13.8. The number of amides is 2. The Morgan fingerprint density at radius 2 is 1.71 bits per heavy atom. The van der Waals surface area contributed by atoms with Crippen LogP contribution < -0.4 is 5.32 Å². The fraction of sp³-hybridized carbons (Fsp3) is 0.400. The summed E-state index contributed by atoms with van der Waals surface area (Å²) in [7, 11) is 0. The summed E-state index contributed by atoms with van der Waals surface area (Å²) in [6, 6.07) is 13.3. The second kappa shape index (κ2) is 8.92. The summed E-state index contributed by atoms with van der Waals surface area (Å²) in [6.07, 6.45) is -2.71. The number of nitrogens with one attached hydrogen (secondary N) is 1. The van der Waals surface area contributed by atoms with Gasteiger partial charge < -0.3 is 24.8 Å². The Hall–Kier alpha value is -3.53. The number of ether oxygens (including phenoxy) is 2. The molecule has 0 bridgehead atoms. The van der Waals surface area contributed by atoms with Crippen LogP contribution in [-0.2, 0) is 19.1 Å². The van der Waals surface area contributed by atoms with Gasteiger partial charge in [0.25, 0.3) is 11.8 Å². The van der Waals surface area contributed by atoms with Crippen LogP contribution >= 0.6 is 0 Å². The van der Waals surface area contributed by atoms with Crippen LogP contribution in [0.15, 0.2) is 48.5 Å². The van der Waals surface area contributed by atoms with E-state index in [1.165, 1.54) is 0 Å². The fourth-order valence-electron chi connectivity index (χ4n) is 5.20. The van der Waals surface area contributed by atoms with Crippen LogP contribution in [0.2, 0.25) is 0 Å². The highest BCUT2D eigenvalue weighted by Gasteiger charge is 2.53. The smallest absolute Gasteiger partial charge is 0.407 e. The number of alkyl halides is 2. The molecule has 2 saturated heterocycles. The van der Waals surface area contributed by atoms with Gasteiger partial charge in [-0.2, -0.15) is 0 Å². The van der Waals surface area contributed by atoms with Crippen LogP contribution in [0.4, 0.5) is 13.6 Å². The lowest BCUT2D eigenvalue weighted by Crippen LogP contribution is -2.52. The first-order valence-electron chi connectivity index (χ1n) is 11.4. The third-order valence-electron chi connectivity index (χ3n) is 6.82. The zero-order chi connectivity index (χ0) is 24.7. The number of alkyl carbamates (subject to hydrolysis) is 1. The van der Waals surface area contributed by atoms with Crippen molar-refractivity contribution >= 4 is 18.0 Å². The van der Waals surface area contributed by atoms with Crippen LogP contribution in [0.1, 0.15) is 29.9 Å². The zero-order valence-corrected chi connectivity index (χ0v) is 18.7. The van der Waals surface area contributed by atoms with E-state index in [9.17, 15) is 28.3 Å². The van der Waals surface area contributed by atoms with Crippen molar-refractivity contribution in [3.05, 3.63) is 59.7 Å². The average Bonchev–Trinajstić information content (AvgIpc) is 3.51. The number of carbonyl (C=O) groups excluding carboxylic acids is 2. The number of fused-ring (bicyclic) bond motifs is 3. The third kappa shape index (κ3) is 4.34. The normalized spacial score (nSPS) is 24.6. The molecule has 8 nitrogen and oxygen atoms in total. The summed E-state index contributed by atoms with van der Waals surface area (Å²) in [4.78, 5) is 37.5. The van der Waals surface area contributed by atoms with Crippen LogP contribution in [-0.4, -0.2) is 71.8 Å². The van der Waals surface area contributed by atoms with E-state index in [1.54, 1.807) is 0 Å². The first kappa shape index (κ1) is 23.2. The minimum Gasteiger partial charge on any atom is -0.480 e. The number of hydrogen-bond donors (Lipinski definition) is 2. The van der Waals surface area contributed by atoms with Gasteiger partial charge in [0.15, 0.2) is 6.10 Å². The number of hydrogen-bond acceptors (Lipinski definition) is 5. The number of halogens is 2. The number of carboxylic acid groups (broad SMARTS) is 1. The molecule has 35 heavy (non-hydrogen) atoms. The van der Waals surface area contributed by atoms with Crippen LogP contribution in [0, 0.1) is 0 Å². The van der Waals surface area contributed by atoms with Gasteiger partial charge in [0, 0.05) is 18.9 Å². The maximum Gasteiger partial charge on any atom is 0.407 e. The second-order valence-electron chi connectivity index (χ2n) is 9.04. The van der Waals surface area contributed by atoms with Gasteiger partial charge in [-0.15, -0.1) is 0 Å². The molecule has 3 aliphatic rings. The molecular weight excluding hydrogens is 462 g/mol. The molecule has 2 aliphatic heterocycles. The molecule has 2 fully saturated rings. The lowest BCUT2D eigenvalue weighted by molar-refractivity contribution is -0.153. The number of carbonyl (C=O) groups is 3. The Labute approximate surface area is 199 Å². The monoisotopic (exact) mass is 486 g/mol. The van der Waals surface area contributed by atoms with E-state index in [0.29, 0.717) is 4.90 Å². The van der Waals surface area contributed by atoms with Crippen molar-refractivity contribution < 1.29 is 37.7 Å². The Balaban J connectivity index is 1.24. The summed E-state index contributed by atoms with van der Waals surface area (Å²) in [5.41, 5.74) is 4.27. The van der Waals surface area contributed by atoms with Crippen molar-refractivity contribution in [2.75, 3.05) is 19.8 Å². The molecule has 0 spiro atoms. The lowest BCUT2D eigenvalue weighted by Gasteiger charge is -2.27. The molecule has 1 aliphatic carbocycles. The van der Waals surface area contributed by atoms with Gasteiger partial charge in [-0.05, 0) is 28.7 Å². The summed E-state index contributed by atoms with van der Waals surface area (Å²) in [5.74, 6) is -5.83. The third-order valence-corrected chi connectivity index (χ3v) is 6.82. The van der Waals surface area contributed by atoms with Crippen molar-refractivity contribution in [3.8, 4) is 11.1 Å². The van der Waals surface area contributed by atoms with Crippen molar-refractivity contribution in [3.63, 3.8) is 0 Å². The van der Waals surface area contributed by atoms with E-state index < -0.39 is 55.0 Å². The van der Waals surface area contributed by atoms with Gasteiger partial charge >= 0.3 is 12.1 Å².